The molecule has 0 bridgehead atoms. The van der Waals surface area contributed by atoms with Crippen LogP contribution < -0.4 is 16.0 Å². The van der Waals surface area contributed by atoms with Gasteiger partial charge in [0.1, 0.15) is 11.3 Å². The zero-order valence-electron chi connectivity index (χ0n) is 22.5. The van der Waals surface area contributed by atoms with Crippen LogP contribution in [0.1, 0.15) is 77.6 Å². The van der Waals surface area contributed by atoms with E-state index in [4.69, 9.17) is 11.0 Å². The highest BCUT2D eigenvalue weighted by atomic mass is 16.3. The Bertz CT molecular complexity index is 1000. The van der Waals surface area contributed by atoms with Gasteiger partial charge in [-0.1, -0.05) is 57.5 Å². The van der Waals surface area contributed by atoms with Crippen LogP contribution in [0.2, 0.25) is 0 Å². The number of H-pyrrole nitrogens is 1. The molecule has 1 aliphatic carbocycles. The van der Waals surface area contributed by atoms with E-state index >= 15 is 0 Å². The molecular weight excluding hydrogens is 454 g/mol. The summed E-state index contributed by atoms with van der Waals surface area (Å²) in [6, 6.07) is 7.05. The van der Waals surface area contributed by atoms with Crippen LogP contribution in [0.5, 0.6) is 0 Å². The number of aromatic amines is 1. The van der Waals surface area contributed by atoms with Gasteiger partial charge in [-0.15, -0.1) is 0 Å². The number of carbonyl (C=O) groups is 1. The molecule has 1 fully saturated rings. The van der Waals surface area contributed by atoms with E-state index in [1.807, 2.05) is 53.7 Å². The lowest BCUT2D eigenvalue weighted by Gasteiger charge is -2.17. The van der Waals surface area contributed by atoms with Crippen molar-refractivity contribution in [1.82, 2.24) is 25.8 Å². The van der Waals surface area contributed by atoms with Gasteiger partial charge in [0.25, 0.3) is 18.5 Å². The van der Waals surface area contributed by atoms with E-state index in [9.17, 15) is 4.79 Å². The molecule has 9 heteroatoms. The minimum absolute atomic E-state index is 0.165. The minimum Gasteiger partial charge on any atom is -0.434 e. The molecule has 9 nitrogen and oxygen atoms in total. The first kappa shape index (κ1) is 30.2. The predicted octanol–water partition coefficient (Wildman–Crippen LogP) is 5.88. The second kappa shape index (κ2) is 17.6. The van der Waals surface area contributed by atoms with Gasteiger partial charge in [0.05, 0.1) is 19.1 Å². The number of anilines is 1. The summed E-state index contributed by atoms with van der Waals surface area (Å²) in [5.41, 5.74) is 2.64. The van der Waals surface area contributed by atoms with Gasteiger partial charge in [0.15, 0.2) is 0 Å². The zero-order valence-corrected chi connectivity index (χ0v) is 22.5. The van der Waals surface area contributed by atoms with Gasteiger partial charge in [0, 0.05) is 17.9 Å². The minimum atomic E-state index is -0.679. The molecule has 3 rings (SSSR count). The number of nitrogens with zero attached hydrogens (tertiary/aromatic N) is 3. The summed E-state index contributed by atoms with van der Waals surface area (Å²) < 4.78 is 5.45. The molecule has 2 aromatic heterocycles. The number of allylic oxidation sites excluding steroid dienone is 1. The highest BCUT2D eigenvalue weighted by Crippen LogP contribution is 2.29. The summed E-state index contributed by atoms with van der Waals surface area (Å²) in [5.74, 6) is -0.192. The normalized spacial score (nSPS) is 13.8. The van der Waals surface area contributed by atoms with E-state index in [-0.39, 0.29) is 18.6 Å². The average Bonchev–Trinajstić information content (AvgIpc) is 3.59. The molecule has 196 valence electrons. The predicted molar refractivity (Wildman–Crippen MR) is 146 cm³/mol. The van der Waals surface area contributed by atoms with Crippen molar-refractivity contribution in [1.29, 1.82) is 0 Å². The Labute approximate surface area is 215 Å². The maximum atomic E-state index is 13.3. The third kappa shape index (κ3) is 9.45. The molecule has 1 amide bonds. The van der Waals surface area contributed by atoms with Crippen LogP contribution in [-0.4, -0.2) is 33.8 Å². The van der Waals surface area contributed by atoms with Crippen molar-refractivity contribution >= 4 is 11.9 Å². The van der Waals surface area contributed by atoms with Crippen molar-refractivity contribution in [2.45, 2.75) is 79.3 Å². The molecule has 0 aromatic carbocycles. The molecule has 2 heterocycles. The Kier molecular flexibility index (Phi) is 14.8. The standard InChI is InChI=1S/C23H29N7O2.2C2H6/c1-16-14-28-30-20(16)21(24-3)19(22(31)29-18-10-6-7-11-18)17(2)26-15-27-23-25-12-8-4-5-9-13-32-23;2*1-2/h3-5,8-9,12-14,18,21H,6-7,10-11,15H2,1-2H3,(H3-,25,26,27,28,29,30,31);2*1-2H3/p+1. The zero-order chi connectivity index (χ0) is 26.8. The molecular formula is C27H42N7O2+. The van der Waals surface area contributed by atoms with Crippen LogP contribution in [0.15, 0.2) is 58.6 Å². The third-order valence-electron chi connectivity index (χ3n) is 5.37. The molecule has 1 saturated carbocycles. The summed E-state index contributed by atoms with van der Waals surface area (Å²) in [6.45, 7) is 17.8. The van der Waals surface area contributed by atoms with Gasteiger partial charge in [-0.2, -0.15) is 5.10 Å². The van der Waals surface area contributed by atoms with Crippen LogP contribution in [0, 0.1) is 13.5 Å². The monoisotopic (exact) mass is 496 g/mol. The maximum absolute atomic E-state index is 13.3. The first-order valence-electron chi connectivity index (χ1n) is 12.7. The number of hydrogen-bond acceptors (Lipinski definition) is 6. The Balaban J connectivity index is 0.00000154. The summed E-state index contributed by atoms with van der Waals surface area (Å²) in [5, 5.41) is 16.4. The van der Waals surface area contributed by atoms with Crippen molar-refractivity contribution in [3.8, 4) is 6.57 Å². The van der Waals surface area contributed by atoms with Crippen LogP contribution in [0.4, 0.5) is 6.01 Å². The van der Waals surface area contributed by atoms with Crippen molar-refractivity contribution in [3.63, 3.8) is 0 Å². The van der Waals surface area contributed by atoms with Crippen LogP contribution >= 0.6 is 0 Å². The summed E-state index contributed by atoms with van der Waals surface area (Å²) in [7, 11) is 0. The van der Waals surface area contributed by atoms with E-state index in [2.05, 4.69) is 36.0 Å². The van der Waals surface area contributed by atoms with Gasteiger partial charge < -0.3 is 20.4 Å². The molecule has 0 radical (unpaired) electrons. The van der Waals surface area contributed by atoms with Gasteiger partial charge in [-0.05, 0) is 44.4 Å². The molecule has 0 spiro atoms. The number of aryl methyl sites for hydroxylation is 1. The molecule has 2 aromatic rings. The van der Waals surface area contributed by atoms with Crippen molar-refractivity contribution in [2.24, 2.45) is 0 Å². The fourth-order valence-electron chi connectivity index (χ4n) is 3.66. The van der Waals surface area contributed by atoms with Gasteiger partial charge >= 0.3 is 6.04 Å². The molecule has 0 saturated heterocycles. The number of rotatable bonds is 8. The average molecular weight is 497 g/mol. The van der Waals surface area contributed by atoms with Gasteiger partial charge in [0.2, 0.25) is 0 Å². The van der Waals surface area contributed by atoms with E-state index in [0.717, 1.165) is 31.2 Å². The number of carbonyl (C=O) groups excluding carboxylic acids is 1. The fourth-order valence-corrected chi connectivity index (χ4v) is 3.66. The number of hydrogen-bond donors (Lipinski definition) is 4. The second-order valence-electron chi connectivity index (χ2n) is 7.65. The lowest BCUT2D eigenvalue weighted by Crippen LogP contribution is -2.37. The Morgan fingerprint density at radius 3 is 2.53 bits per heavy atom. The Morgan fingerprint density at radius 1 is 1.19 bits per heavy atom. The number of amides is 1. The fraction of sp³-hybridized carbons (Fsp3) is 0.481. The molecule has 1 aliphatic rings. The van der Waals surface area contributed by atoms with E-state index < -0.39 is 6.04 Å². The summed E-state index contributed by atoms with van der Waals surface area (Å²) >= 11 is 0. The summed E-state index contributed by atoms with van der Waals surface area (Å²) in [6.07, 6.45) is 9.04. The lowest BCUT2D eigenvalue weighted by atomic mass is 9.99. The number of aromatic nitrogens is 3. The Hall–Kier alpha value is -3.80. The van der Waals surface area contributed by atoms with Crippen molar-refractivity contribution in [3.05, 3.63) is 70.3 Å². The van der Waals surface area contributed by atoms with Crippen LogP contribution in [-0.2, 0) is 4.79 Å². The molecule has 4 N–H and O–H groups in total. The summed E-state index contributed by atoms with van der Waals surface area (Å²) in [4.78, 5) is 21.5. The highest BCUT2D eigenvalue weighted by molar-refractivity contribution is 5.96. The molecule has 1 atom stereocenters. The lowest BCUT2D eigenvalue weighted by molar-refractivity contribution is -0.118. The Morgan fingerprint density at radius 2 is 1.89 bits per heavy atom. The van der Waals surface area contributed by atoms with Crippen molar-refractivity contribution < 1.29 is 9.21 Å². The van der Waals surface area contributed by atoms with Crippen LogP contribution in [0.25, 0.3) is 4.85 Å². The van der Waals surface area contributed by atoms with Gasteiger partial charge in [-0.25, -0.2) is 4.98 Å². The third-order valence-corrected chi connectivity index (χ3v) is 5.37. The van der Waals surface area contributed by atoms with E-state index in [0.29, 0.717) is 23.0 Å². The smallest absolute Gasteiger partial charge is 0.345 e. The quantitative estimate of drug-likeness (QED) is 0.268. The topological polar surface area (TPSA) is 112 Å². The van der Waals surface area contributed by atoms with Crippen molar-refractivity contribution in [2.75, 3.05) is 12.0 Å². The SMILES string of the molecule is C#[N+]C(/C(C(=O)NC1CCCC1)=C(/C)NCNc1ncccccco1)c1[nH]ncc1C.CC.CC. The van der Waals surface area contributed by atoms with E-state index in [1.165, 1.54) is 6.26 Å². The first-order valence-corrected chi connectivity index (χ1v) is 12.7. The molecule has 1 unspecified atom stereocenters. The van der Waals surface area contributed by atoms with Crippen LogP contribution in [0.3, 0.4) is 0 Å². The van der Waals surface area contributed by atoms with Gasteiger partial charge in [-0.3, -0.25) is 9.89 Å². The molecule has 36 heavy (non-hydrogen) atoms. The highest BCUT2D eigenvalue weighted by Gasteiger charge is 2.36. The number of nitrogens with one attached hydrogen (secondary N) is 4. The first-order chi connectivity index (χ1) is 17.6. The van der Waals surface area contributed by atoms with E-state index in [1.54, 1.807) is 24.5 Å². The maximum Gasteiger partial charge on any atom is 0.345 e. The largest absolute Gasteiger partial charge is 0.434 e. The second-order valence-corrected chi connectivity index (χ2v) is 7.65. The molecule has 0 aliphatic heterocycles.